The number of benzene rings is 1. The molecule has 0 saturated carbocycles. The molecule has 2 rings (SSSR count). The van der Waals surface area contributed by atoms with E-state index in [9.17, 15) is 18.0 Å². The molecule has 0 N–H and O–H groups in total. The summed E-state index contributed by atoms with van der Waals surface area (Å²) in [6.45, 7) is 2.97. The fourth-order valence-electron chi connectivity index (χ4n) is 2.56. The third kappa shape index (κ3) is 3.33. The monoisotopic (exact) mass is 365 g/mol. The highest BCUT2D eigenvalue weighted by Crippen LogP contribution is 2.37. The normalized spacial score (nSPS) is 22.5. The predicted molar refractivity (Wildman–Crippen MR) is 76.0 cm³/mol. The molecule has 0 bridgehead atoms. The lowest BCUT2D eigenvalue weighted by atomic mass is 9.99. The average Bonchev–Trinajstić information content (AvgIpc) is 2.78. The fourth-order valence-corrected chi connectivity index (χ4v) is 3.19. The van der Waals surface area contributed by atoms with Gasteiger partial charge >= 0.3 is 12.1 Å². The maximum absolute atomic E-state index is 12.7. The van der Waals surface area contributed by atoms with Crippen molar-refractivity contribution in [3.8, 4) is 0 Å². The van der Waals surface area contributed by atoms with Crippen molar-refractivity contribution in [2.45, 2.75) is 13.1 Å². The lowest BCUT2D eigenvalue weighted by molar-refractivity contribution is -0.145. The summed E-state index contributed by atoms with van der Waals surface area (Å²) in [6.07, 6.45) is -4.37. The second kappa shape index (κ2) is 5.87. The van der Waals surface area contributed by atoms with E-state index in [2.05, 4.69) is 15.9 Å². The highest BCUT2D eigenvalue weighted by molar-refractivity contribution is 9.10. The Labute approximate surface area is 129 Å². The summed E-state index contributed by atoms with van der Waals surface area (Å²) < 4.78 is 43.1. The van der Waals surface area contributed by atoms with Gasteiger partial charge in [0.1, 0.15) is 0 Å². The molecule has 3 nitrogen and oxygen atoms in total. The highest BCUT2D eigenvalue weighted by atomic mass is 79.9. The quantitative estimate of drug-likeness (QED) is 0.748. The molecule has 1 aliphatic rings. The van der Waals surface area contributed by atoms with Gasteiger partial charge in [-0.15, -0.1) is 0 Å². The van der Waals surface area contributed by atoms with E-state index in [0.29, 0.717) is 23.2 Å². The van der Waals surface area contributed by atoms with E-state index in [1.165, 1.54) is 13.2 Å². The van der Waals surface area contributed by atoms with Crippen molar-refractivity contribution in [2.75, 3.05) is 25.1 Å². The maximum atomic E-state index is 12.7. The van der Waals surface area contributed by atoms with Crippen molar-refractivity contribution >= 4 is 27.6 Å². The van der Waals surface area contributed by atoms with Gasteiger partial charge in [0, 0.05) is 17.6 Å². The average molecular weight is 366 g/mol. The van der Waals surface area contributed by atoms with Crippen LogP contribution in [0.25, 0.3) is 0 Å². The van der Waals surface area contributed by atoms with Gasteiger partial charge in [-0.05, 0) is 40.0 Å². The first-order chi connectivity index (χ1) is 9.74. The molecule has 116 valence electrons. The summed E-state index contributed by atoms with van der Waals surface area (Å²) >= 11 is 3.19. The number of carbonyl (C=O) groups excluding carboxylic acids is 1. The van der Waals surface area contributed by atoms with E-state index in [1.807, 2.05) is 11.8 Å². The molecular formula is C14H15BrF3NO2. The van der Waals surface area contributed by atoms with Gasteiger partial charge in [0.25, 0.3) is 0 Å². The first-order valence-electron chi connectivity index (χ1n) is 6.43. The molecule has 0 amide bonds. The van der Waals surface area contributed by atoms with Crippen LogP contribution in [0.3, 0.4) is 0 Å². The van der Waals surface area contributed by atoms with Crippen molar-refractivity contribution in [1.29, 1.82) is 0 Å². The molecule has 1 aromatic rings. The summed E-state index contributed by atoms with van der Waals surface area (Å²) in [5, 5.41) is 0. The van der Waals surface area contributed by atoms with Gasteiger partial charge in [-0.3, -0.25) is 4.79 Å². The second-order valence-corrected chi connectivity index (χ2v) is 6.03. The van der Waals surface area contributed by atoms with Crippen LogP contribution >= 0.6 is 15.9 Å². The number of nitrogens with zero attached hydrogens (tertiary/aromatic N) is 1. The number of methoxy groups -OCH3 is 1. The van der Waals surface area contributed by atoms with Crippen LogP contribution in [-0.4, -0.2) is 26.2 Å². The number of esters is 1. The van der Waals surface area contributed by atoms with Crippen LogP contribution in [0.2, 0.25) is 0 Å². The fraction of sp³-hybridized carbons (Fsp3) is 0.500. The SMILES string of the molecule is COC(=O)C1CN(c2ccc(C(F)(F)F)cc2Br)CC1C. The van der Waals surface area contributed by atoms with Crippen LogP contribution in [0.15, 0.2) is 22.7 Å². The topological polar surface area (TPSA) is 29.5 Å². The minimum Gasteiger partial charge on any atom is -0.469 e. The first-order valence-corrected chi connectivity index (χ1v) is 7.23. The van der Waals surface area contributed by atoms with Gasteiger partial charge in [-0.1, -0.05) is 6.92 Å². The molecule has 7 heteroatoms. The number of carbonyl (C=O) groups is 1. The number of hydrogen-bond donors (Lipinski definition) is 0. The lowest BCUT2D eigenvalue weighted by Gasteiger charge is -2.21. The molecule has 0 aliphatic carbocycles. The van der Waals surface area contributed by atoms with Gasteiger partial charge in [0.15, 0.2) is 0 Å². The molecule has 1 fully saturated rings. The molecule has 0 aromatic heterocycles. The smallest absolute Gasteiger partial charge is 0.416 e. The molecule has 1 heterocycles. The molecule has 1 aliphatic heterocycles. The maximum Gasteiger partial charge on any atom is 0.416 e. The Morgan fingerprint density at radius 3 is 2.57 bits per heavy atom. The van der Waals surface area contributed by atoms with Gasteiger partial charge < -0.3 is 9.64 Å². The predicted octanol–water partition coefficient (Wildman–Crippen LogP) is 3.71. The molecule has 0 radical (unpaired) electrons. The van der Waals surface area contributed by atoms with Crippen LogP contribution in [0.4, 0.5) is 18.9 Å². The largest absolute Gasteiger partial charge is 0.469 e. The summed E-state index contributed by atoms with van der Waals surface area (Å²) in [5.74, 6) is -0.455. The van der Waals surface area contributed by atoms with E-state index >= 15 is 0 Å². The molecule has 1 saturated heterocycles. The third-order valence-electron chi connectivity index (χ3n) is 3.73. The van der Waals surface area contributed by atoms with Crippen LogP contribution in [0.1, 0.15) is 12.5 Å². The molecular weight excluding hydrogens is 351 g/mol. The summed E-state index contributed by atoms with van der Waals surface area (Å²) in [6, 6.07) is 3.54. The van der Waals surface area contributed by atoms with Gasteiger partial charge in [-0.25, -0.2) is 0 Å². The third-order valence-corrected chi connectivity index (χ3v) is 4.37. The van der Waals surface area contributed by atoms with Crippen LogP contribution < -0.4 is 4.90 Å². The van der Waals surface area contributed by atoms with E-state index in [-0.39, 0.29) is 17.8 Å². The van der Waals surface area contributed by atoms with Crippen LogP contribution in [0, 0.1) is 11.8 Å². The Kier molecular flexibility index (Phi) is 4.51. The standard InChI is InChI=1S/C14H15BrF3NO2/c1-8-6-19(7-10(8)13(20)21-2)12-4-3-9(5-11(12)15)14(16,17)18/h3-5,8,10H,6-7H2,1-2H3. The first kappa shape index (κ1) is 16.1. The zero-order valence-corrected chi connectivity index (χ0v) is 13.2. The number of ether oxygens (including phenoxy) is 1. The molecule has 21 heavy (non-hydrogen) atoms. The zero-order valence-electron chi connectivity index (χ0n) is 11.6. The number of alkyl halides is 3. The summed E-state index contributed by atoms with van der Waals surface area (Å²) in [5.41, 5.74) is -0.0452. The number of rotatable bonds is 2. The second-order valence-electron chi connectivity index (χ2n) is 5.18. The van der Waals surface area contributed by atoms with Crippen LogP contribution in [0.5, 0.6) is 0 Å². The van der Waals surface area contributed by atoms with Crippen molar-refractivity contribution in [1.82, 2.24) is 0 Å². The van der Waals surface area contributed by atoms with Gasteiger partial charge in [-0.2, -0.15) is 13.2 Å². The van der Waals surface area contributed by atoms with E-state index < -0.39 is 11.7 Å². The number of hydrogen-bond acceptors (Lipinski definition) is 3. The Morgan fingerprint density at radius 2 is 2.05 bits per heavy atom. The minimum atomic E-state index is -4.37. The highest BCUT2D eigenvalue weighted by Gasteiger charge is 2.37. The van der Waals surface area contributed by atoms with Crippen LogP contribution in [-0.2, 0) is 15.7 Å². The zero-order chi connectivity index (χ0) is 15.8. The van der Waals surface area contributed by atoms with Crippen molar-refractivity contribution < 1.29 is 22.7 Å². The Morgan fingerprint density at radius 1 is 1.38 bits per heavy atom. The molecule has 2 atom stereocenters. The van der Waals surface area contributed by atoms with Crippen molar-refractivity contribution in [3.05, 3.63) is 28.2 Å². The Bertz CT molecular complexity index is 548. The Hall–Kier alpha value is -1.24. The number of halogens is 4. The van der Waals surface area contributed by atoms with Crippen molar-refractivity contribution in [3.63, 3.8) is 0 Å². The number of anilines is 1. The molecule has 0 spiro atoms. The lowest BCUT2D eigenvalue weighted by Crippen LogP contribution is -2.24. The Balaban J connectivity index is 2.22. The van der Waals surface area contributed by atoms with Gasteiger partial charge in [0.2, 0.25) is 0 Å². The van der Waals surface area contributed by atoms with E-state index in [4.69, 9.17) is 4.74 Å². The molecule has 1 aromatic carbocycles. The van der Waals surface area contributed by atoms with E-state index in [0.717, 1.165) is 12.1 Å². The summed E-state index contributed by atoms with van der Waals surface area (Å²) in [4.78, 5) is 13.6. The molecule has 2 unspecified atom stereocenters. The minimum absolute atomic E-state index is 0.0895. The van der Waals surface area contributed by atoms with Gasteiger partial charge in [0.05, 0.1) is 24.3 Å². The van der Waals surface area contributed by atoms with Crippen molar-refractivity contribution in [2.24, 2.45) is 11.8 Å². The summed E-state index contributed by atoms with van der Waals surface area (Å²) in [7, 11) is 1.34. The van der Waals surface area contributed by atoms with E-state index in [1.54, 1.807) is 0 Å².